The van der Waals surface area contributed by atoms with E-state index < -0.39 is 17.9 Å². The number of hydrogen-bond acceptors (Lipinski definition) is 3. The lowest BCUT2D eigenvalue weighted by Crippen LogP contribution is -2.43. The fourth-order valence-corrected chi connectivity index (χ4v) is 0.656. The molecule has 0 heterocycles. The minimum Gasteiger partial charge on any atom is -0.480 e. The lowest BCUT2D eigenvalue weighted by atomic mass is 10.3. The predicted molar refractivity (Wildman–Crippen MR) is 44.9 cm³/mol. The van der Waals surface area contributed by atoms with E-state index in [1.54, 1.807) is 0 Å². The molecule has 2 N–H and O–H groups in total. The Labute approximate surface area is 76.1 Å². The number of carbonyl (C=O) groups is 2. The van der Waals surface area contributed by atoms with Gasteiger partial charge in [0.2, 0.25) is 5.91 Å². The molecule has 72 valence electrons. The van der Waals surface area contributed by atoms with Gasteiger partial charge in [0.05, 0.1) is 6.61 Å². The van der Waals surface area contributed by atoms with Gasteiger partial charge in [-0.1, -0.05) is 5.92 Å². The zero-order chi connectivity index (χ0) is 10.3. The topological polar surface area (TPSA) is 75.6 Å². The van der Waals surface area contributed by atoms with Crippen LogP contribution in [0.5, 0.6) is 0 Å². The van der Waals surface area contributed by atoms with Crippen molar-refractivity contribution in [3.63, 3.8) is 0 Å². The Hall–Kier alpha value is -1.54. The number of carboxylic acids is 1. The lowest BCUT2D eigenvalue weighted by Gasteiger charge is -2.11. The summed E-state index contributed by atoms with van der Waals surface area (Å²) in [5.74, 6) is 0.622. The summed E-state index contributed by atoms with van der Waals surface area (Å²) < 4.78 is 4.78. The normalized spacial score (nSPS) is 11.4. The van der Waals surface area contributed by atoms with Crippen molar-refractivity contribution in [2.75, 3.05) is 13.2 Å². The lowest BCUT2D eigenvalue weighted by molar-refractivity contribution is -0.143. The molecule has 0 rings (SSSR count). The maximum absolute atomic E-state index is 10.5. The van der Waals surface area contributed by atoms with Crippen molar-refractivity contribution < 1.29 is 19.4 Å². The monoisotopic (exact) mass is 185 g/mol. The number of aliphatic carboxylic acids is 1. The van der Waals surface area contributed by atoms with Crippen molar-refractivity contribution in [2.24, 2.45) is 0 Å². The van der Waals surface area contributed by atoms with Crippen LogP contribution in [0, 0.1) is 12.3 Å². The van der Waals surface area contributed by atoms with E-state index in [1.807, 2.05) is 0 Å². The molecule has 0 aromatic rings. The first kappa shape index (κ1) is 11.5. The highest BCUT2D eigenvalue weighted by molar-refractivity contribution is 5.82. The van der Waals surface area contributed by atoms with E-state index in [0.717, 1.165) is 0 Å². The summed E-state index contributed by atoms with van der Waals surface area (Å²) in [6, 6.07) is -1.04. The minimum absolute atomic E-state index is 0.0311. The van der Waals surface area contributed by atoms with E-state index in [9.17, 15) is 9.59 Å². The van der Waals surface area contributed by atoms with Crippen LogP contribution in [-0.2, 0) is 14.3 Å². The van der Waals surface area contributed by atoms with Gasteiger partial charge in [0, 0.05) is 6.92 Å². The maximum atomic E-state index is 10.5. The standard InChI is InChI=1S/C8H11NO4/c1-3-4-13-5-7(8(11)12)9-6(2)10/h1,7H,4-5H2,2H3,(H,9,10)(H,11,12). The van der Waals surface area contributed by atoms with Crippen molar-refractivity contribution in [1.29, 1.82) is 0 Å². The molecule has 0 radical (unpaired) electrons. The zero-order valence-electron chi connectivity index (χ0n) is 7.24. The zero-order valence-corrected chi connectivity index (χ0v) is 7.24. The Balaban J connectivity index is 3.89. The van der Waals surface area contributed by atoms with Crippen LogP contribution in [0.2, 0.25) is 0 Å². The number of rotatable bonds is 5. The molecule has 0 bridgehead atoms. The van der Waals surface area contributed by atoms with E-state index in [0.29, 0.717) is 0 Å². The molecule has 0 aromatic heterocycles. The van der Waals surface area contributed by atoms with Gasteiger partial charge in [-0.2, -0.15) is 0 Å². The first-order valence-electron chi connectivity index (χ1n) is 3.59. The van der Waals surface area contributed by atoms with Crippen LogP contribution in [0.15, 0.2) is 0 Å². The van der Waals surface area contributed by atoms with Gasteiger partial charge in [0.1, 0.15) is 6.61 Å². The van der Waals surface area contributed by atoms with Crippen LogP contribution < -0.4 is 5.32 Å². The smallest absolute Gasteiger partial charge is 0.328 e. The van der Waals surface area contributed by atoms with Crippen LogP contribution >= 0.6 is 0 Å². The molecule has 0 aliphatic rings. The van der Waals surface area contributed by atoms with Crippen molar-refractivity contribution in [1.82, 2.24) is 5.32 Å². The third-order valence-electron chi connectivity index (χ3n) is 1.15. The molecule has 5 heteroatoms. The Kier molecular flexibility index (Phi) is 5.32. The number of ether oxygens (including phenoxy) is 1. The molecule has 0 saturated heterocycles. The van der Waals surface area contributed by atoms with Crippen LogP contribution in [0.3, 0.4) is 0 Å². The summed E-state index contributed by atoms with van der Waals surface area (Å²) in [5, 5.41) is 10.8. The SMILES string of the molecule is C#CCOCC(NC(C)=O)C(=O)O. The molecule has 13 heavy (non-hydrogen) atoms. The number of amides is 1. The number of carboxylic acid groups (broad SMARTS) is 1. The van der Waals surface area contributed by atoms with Crippen molar-refractivity contribution >= 4 is 11.9 Å². The van der Waals surface area contributed by atoms with Gasteiger partial charge in [-0.3, -0.25) is 4.79 Å². The minimum atomic E-state index is -1.15. The molecular formula is C8H11NO4. The van der Waals surface area contributed by atoms with E-state index in [-0.39, 0.29) is 13.2 Å². The molecule has 1 amide bonds. The molecule has 0 aromatic carbocycles. The largest absolute Gasteiger partial charge is 0.480 e. The highest BCUT2D eigenvalue weighted by Gasteiger charge is 2.17. The highest BCUT2D eigenvalue weighted by atomic mass is 16.5. The van der Waals surface area contributed by atoms with Gasteiger partial charge in [0.25, 0.3) is 0 Å². The Morgan fingerprint density at radius 3 is 2.69 bits per heavy atom. The van der Waals surface area contributed by atoms with Gasteiger partial charge in [-0.05, 0) is 0 Å². The Morgan fingerprint density at radius 2 is 2.31 bits per heavy atom. The van der Waals surface area contributed by atoms with E-state index in [4.69, 9.17) is 16.3 Å². The molecule has 0 saturated carbocycles. The van der Waals surface area contributed by atoms with E-state index in [2.05, 4.69) is 11.2 Å². The molecule has 1 atom stereocenters. The summed E-state index contributed by atoms with van der Waals surface area (Å²) in [4.78, 5) is 21.0. The number of nitrogens with one attached hydrogen (secondary N) is 1. The predicted octanol–water partition coefficient (Wildman–Crippen LogP) is -0.774. The van der Waals surface area contributed by atoms with Crippen LogP contribution in [0.4, 0.5) is 0 Å². The average Bonchev–Trinajstić information content (AvgIpc) is 2.02. The second-order valence-electron chi connectivity index (χ2n) is 2.31. The fraction of sp³-hybridized carbons (Fsp3) is 0.500. The van der Waals surface area contributed by atoms with Crippen molar-refractivity contribution in [3.05, 3.63) is 0 Å². The molecule has 0 fully saturated rings. The van der Waals surface area contributed by atoms with Gasteiger partial charge in [-0.25, -0.2) is 4.79 Å². The molecular weight excluding hydrogens is 174 g/mol. The molecule has 0 aliphatic heterocycles. The number of hydrogen-bond donors (Lipinski definition) is 2. The summed E-state index contributed by atoms with van der Waals surface area (Å²) in [5.41, 5.74) is 0. The summed E-state index contributed by atoms with van der Waals surface area (Å²) in [6.45, 7) is 1.14. The quantitative estimate of drug-likeness (QED) is 0.435. The van der Waals surface area contributed by atoms with Crippen molar-refractivity contribution in [2.45, 2.75) is 13.0 Å². The molecule has 5 nitrogen and oxygen atoms in total. The second-order valence-corrected chi connectivity index (χ2v) is 2.31. The van der Waals surface area contributed by atoms with Gasteiger partial charge >= 0.3 is 5.97 Å². The fourth-order valence-electron chi connectivity index (χ4n) is 0.656. The average molecular weight is 185 g/mol. The van der Waals surface area contributed by atoms with Gasteiger partial charge < -0.3 is 15.2 Å². The Morgan fingerprint density at radius 1 is 1.69 bits per heavy atom. The molecule has 1 unspecified atom stereocenters. The van der Waals surface area contributed by atoms with E-state index in [1.165, 1.54) is 6.92 Å². The molecule has 0 spiro atoms. The maximum Gasteiger partial charge on any atom is 0.328 e. The molecule has 0 aliphatic carbocycles. The third kappa shape index (κ3) is 5.70. The summed E-state index contributed by atoms with van der Waals surface area (Å²) in [6.07, 6.45) is 4.88. The van der Waals surface area contributed by atoms with Crippen LogP contribution in [-0.4, -0.2) is 36.2 Å². The van der Waals surface area contributed by atoms with Crippen LogP contribution in [0.25, 0.3) is 0 Å². The van der Waals surface area contributed by atoms with Crippen LogP contribution in [0.1, 0.15) is 6.92 Å². The second kappa shape index (κ2) is 6.03. The first-order valence-corrected chi connectivity index (χ1v) is 3.59. The van der Waals surface area contributed by atoms with Crippen molar-refractivity contribution in [3.8, 4) is 12.3 Å². The first-order chi connectivity index (χ1) is 6.07. The number of terminal acetylenes is 1. The number of carbonyl (C=O) groups excluding carboxylic acids is 1. The Bertz CT molecular complexity index is 231. The third-order valence-corrected chi connectivity index (χ3v) is 1.15. The highest BCUT2D eigenvalue weighted by Crippen LogP contribution is 1.86. The van der Waals surface area contributed by atoms with Gasteiger partial charge in [-0.15, -0.1) is 6.42 Å². The van der Waals surface area contributed by atoms with E-state index >= 15 is 0 Å². The van der Waals surface area contributed by atoms with Gasteiger partial charge in [0.15, 0.2) is 6.04 Å². The summed E-state index contributed by atoms with van der Waals surface area (Å²) >= 11 is 0. The summed E-state index contributed by atoms with van der Waals surface area (Å²) in [7, 11) is 0.